The minimum atomic E-state index is -0.759. The summed E-state index contributed by atoms with van der Waals surface area (Å²) in [6.07, 6.45) is 5.37. The van der Waals surface area contributed by atoms with Gasteiger partial charge in [-0.2, -0.15) is 5.26 Å². The van der Waals surface area contributed by atoms with Crippen molar-refractivity contribution in [3.8, 4) is 18.4 Å². The lowest BCUT2D eigenvalue weighted by Gasteiger charge is -2.35. The van der Waals surface area contributed by atoms with Crippen LogP contribution in [0.2, 0.25) is 0 Å². The van der Waals surface area contributed by atoms with E-state index in [0.29, 0.717) is 11.3 Å². The Morgan fingerprint density at radius 3 is 2.55 bits per heavy atom. The molecule has 31 heavy (non-hydrogen) atoms. The Balaban J connectivity index is 1.89. The van der Waals surface area contributed by atoms with E-state index in [1.807, 2.05) is 0 Å². The second-order valence-corrected chi connectivity index (χ2v) is 7.60. The summed E-state index contributed by atoms with van der Waals surface area (Å²) in [5.74, 6) is -0.0584. The van der Waals surface area contributed by atoms with Crippen LogP contribution in [0.5, 0.6) is 0 Å². The minimum absolute atomic E-state index is 0.121. The number of Topliss-reactive ketones (excluding diaryl/α,β-unsaturated/α-hetero) is 2. The molecule has 2 aromatic rings. The van der Waals surface area contributed by atoms with Gasteiger partial charge in [0.05, 0.1) is 29.8 Å². The van der Waals surface area contributed by atoms with Crippen molar-refractivity contribution in [3.63, 3.8) is 0 Å². The summed E-state index contributed by atoms with van der Waals surface area (Å²) < 4.78 is 20.1. The molecular weight excluding hydrogens is 401 g/mol. The standard InChI is InChI=1S/C23H20FN3O4/c1-5-23(11-31-12-23)9-18(28)21(29)19-13(2)20(27(4)14(19)3)22(30)26-16-6-7-17(24)15(8-16)10-25/h1,6-8H,9,11-12H2,2-4H3,(H,26,30). The van der Waals surface area contributed by atoms with Gasteiger partial charge in [0, 0.05) is 24.8 Å². The first kappa shape index (κ1) is 21.9. The molecule has 1 aliphatic heterocycles. The third-order valence-corrected chi connectivity index (χ3v) is 5.53. The molecule has 8 heteroatoms. The van der Waals surface area contributed by atoms with Crippen LogP contribution in [0.25, 0.3) is 0 Å². The molecule has 2 heterocycles. The number of aromatic nitrogens is 1. The highest BCUT2D eigenvalue weighted by atomic mass is 19.1. The van der Waals surface area contributed by atoms with Crippen molar-refractivity contribution in [2.45, 2.75) is 20.3 Å². The Hall–Kier alpha value is -3.75. The molecule has 1 aromatic heterocycles. The van der Waals surface area contributed by atoms with Gasteiger partial charge >= 0.3 is 0 Å². The third-order valence-electron chi connectivity index (χ3n) is 5.53. The van der Waals surface area contributed by atoms with Crippen molar-refractivity contribution < 1.29 is 23.5 Å². The number of benzene rings is 1. The first-order valence-corrected chi connectivity index (χ1v) is 9.44. The number of nitrogens with zero attached hydrogens (tertiary/aromatic N) is 2. The zero-order chi connectivity index (χ0) is 22.9. The van der Waals surface area contributed by atoms with Gasteiger partial charge < -0.3 is 14.6 Å². The summed E-state index contributed by atoms with van der Waals surface area (Å²) in [6, 6.07) is 5.33. The van der Waals surface area contributed by atoms with Crippen LogP contribution in [0.3, 0.4) is 0 Å². The Morgan fingerprint density at radius 2 is 2.00 bits per heavy atom. The molecule has 0 unspecified atom stereocenters. The molecule has 1 aromatic carbocycles. The molecule has 3 rings (SSSR count). The number of amides is 1. The number of carbonyl (C=O) groups excluding carboxylic acids is 3. The van der Waals surface area contributed by atoms with Gasteiger partial charge in [-0.15, -0.1) is 6.42 Å². The molecule has 0 aliphatic carbocycles. The van der Waals surface area contributed by atoms with Crippen LogP contribution < -0.4 is 5.32 Å². The highest BCUT2D eigenvalue weighted by Crippen LogP contribution is 2.32. The van der Waals surface area contributed by atoms with E-state index >= 15 is 0 Å². The second-order valence-electron chi connectivity index (χ2n) is 7.60. The van der Waals surface area contributed by atoms with Gasteiger partial charge in [-0.25, -0.2) is 4.39 Å². The van der Waals surface area contributed by atoms with Crippen molar-refractivity contribution in [1.82, 2.24) is 4.57 Å². The minimum Gasteiger partial charge on any atom is -0.378 e. The molecule has 1 fully saturated rings. The Morgan fingerprint density at radius 1 is 1.32 bits per heavy atom. The van der Waals surface area contributed by atoms with Gasteiger partial charge in [-0.05, 0) is 37.6 Å². The molecule has 0 atom stereocenters. The molecule has 1 N–H and O–H groups in total. The van der Waals surface area contributed by atoms with E-state index in [2.05, 4.69) is 11.2 Å². The van der Waals surface area contributed by atoms with Crippen LogP contribution in [0.1, 0.15) is 44.1 Å². The van der Waals surface area contributed by atoms with E-state index in [-0.39, 0.29) is 42.1 Å². The van der Waals surface area contributed by atoms with Crippen LogP contribution in [-0.4, -0.2) is 35.3 Å². The van der Waals surface area contributed by atoms with E-state index in [0.717, 1.165) is 6.07 Å². The first-order chi connectivity index (χ1) is 14.6. The lowest BCUT2D eigenvalue weighted by atomic mass is 9.80. The first-order valence-electron chi connectivity index (χ1n) is 9.44. The zero-order valence-corrected chi connectivity index (χ0v) is 17.3. The SMILES string of the molecule is C#CC1(CC(=O)C(=O)c2c(C)c(C(=O)Nc3ccc(F)c(C#N)c3)n(C)c2C)COC1. The average Bonchev–Trinajstić information content (AvgIpc) is 2.93. The van der Waals surface area contributed by atoms with Crippen molar-refractivity contribution in [2.24, 2.45) is 12.5 Å². The fourth-order valence-corrected chi connectivity index (χ4v) is 3.62. The fourth-order valence-electron chi connectivity index (χ4n) is 3.62. The maximum atomic E-state index is 13.5. The summed E-state index contributed by atoms with van der Waals surface area (Å²) in [4.78, 5) is 38.4. The molecule has 1 aliphatic rings. The molecule has 0 spiro atoms. The predicted molar refractivity (Wildman–Crippen MR) is 110 cm³/mol. The Kier molecular flexibility index (Phi) is 5.79. The van der Waals surface area contributed by atoms with Crippen LogP contribution in [0.15, 0.2) is 18.2 Å². The summed E-state index contributed by atoms with van der Waals surface area (Å²) >= 11 is 0. The highest BCUT2D eigenvalue weighted by molar-refractivity contribution is 6.44. The van der Waals surface area contributed by atoms with Crippen molar-refractivity contribution in [1.29, 1.82) is 5.26 Å². The number of terminal acetylenes is 1. The monoisotopic (exact) mass is 421 g/mol. The topological polar surface area (TPSA) is 101 Å². The quantitative estimate of drug-likeness (QED) is 0.439. The number of anilines is 1. The van der Waals surface area contributed by atoms with Crippen molar-refractivity contribution in [2.75, 3.05) is 18.5 Å². The molecule has 1 saturated heterocycles. The molecule has 0 radical (unpaired) electrons. The van der Waals surface area contributed by atoms with E-state index in [1.54, 1.807) is 27.0 Å². The number of hydrogen-bond donors (Lipinski definition) is 1. The highest BCUT2D eigenvalue weighted by Gasteiger charge is 2.41. The summed E-state index contributed by atoms with van der Waals surface area (Å²) in [5, 5.41) is 11.6. The molecule has 0 saturated carbocycles. The molecule has 7 nitrogen and oxygen atoms in total. The average molecular weight is 421 g/mol. The van der Waals surface area contributed by atoms with Gasteiger partial charge in [0.25, 0.3) is 5.91 Å². The van der Waals surface area contributed by atoms with Gasteiger partial charge in [0.1, 0.15) is 17.6 Å². The number of nitrogens with one attached hydrogen (secondary N) is 1. The second kappa shape index (κ2) is 8.17. The Labute approximate surface area is 178 Å². The number of rotatable bonds is 6. The lowest BCUT2D eigenvalue weighted by Crippen LogP contribution is -2.44. The van der Waals surface area contributed by atoms with Gasteiger partial charge in [-0.1, -0.05) is 5.92 Å². The largest absolute Gasteiger partial charge is 0.378 e. The van der Waals surface area contributed by atoms with Crippen LogP contribution in [0.4, 0.5) is 10.1 Å². The predicted octanol–water partition coefficient (Wildman–Crippen LogP) is 2.70. The van der Waals surface area contributed by atoms with Crippen LogP contribution in [-0.2, 0) is 16.6 Å². The number of hydrogen-bond acceptors (Lipinski definition) is 5. The summed E-state index contributed by atoms with van der Waals surface area (Å²) in [6.45, 7) is 3.67. The molecule has 0 bridgehead atoms. The van der Waals surface area contributed by atoms with Crippen LogP contribution in [0, 0.1) is 48.8 Å². The third kappa shape index (κ3) is 3.86. The van der Waals surface area contributed by atoms with E-state index < -0.39 is 28.7 Å². The number of ether oxygens (including phenoxy) is 1. The fraction of sp³-hybridized carbons (Fsp3) is 0.304. The van der Waals surface area contributed by atoms with Crippen molar-refractivity contribution >= 4 is 23.2 Å². The van der Waals surface area contributed by atoms with Crippen LogP contribution >= 0.6 is 0 Å². The van der Waals surface area contributed by atoms with Gasteiger partial charge in [0.15, 0.2) is 0 Å². The number of carbonyl (C=O) groups is 3. The molecule has 158 valence electrons. The maximum absolute atomic E-state index is 13.5. The van der Waals surface area contributed by atoms with E-state index in [9.17, 15) is 18.8 Å². The normalized spacial score (nSPS) is 14.1. The molecular formula is C23H20FN3O4. The number of nitriles is 1. The summed E-state index contributed by atoms with van der Waals surface area (Å²) in [5.41, 5.74) is 0.394. The zero-order valence-electron chi connectivity index (χ0n) is 17.3. The van der Waals surface area contributed by atoms with E-state index in [4.69, 9.17) is 16.4 Å². The lowest BCUT2D eigenvalue weighted by molar-refractivity contribution is -0.126. The smallest absolute Gasteiger partial charge is 0.272 e. The number of ketones is 2. The van der Waals surface area contributed by atoms with Crippen molar-refractivity contribution in [3.05, 3.63) is 52.1 Å². The summed E-state index contributed by atoms with van der Waals surface area (Å²) in [7, 11) is 1.60. The van der Waals surface area contributed by atoms with Gasteiger partial charge in [-0.3, -0.25) is 14.4 Å². The molecule has 1 amide bonds. The maximum Gasteiger partial charge on any atom is 0.272 e. The number of halogens is 1. The van der Waals surface area contributed by atoms with E-state index in [1.165, 1.54) is 16.7 Å². The van der Waals surface area contributed by atoms with Gasteiger partial charge in [0.2, 0.25) is 11.6 Å². The Bertz CT molecular complexity index is 1190.